The van der Waals surface area contributed by atoms with Crippen LogP contribution in [0.1, 0.15) is 11.1 Å². The number of nitrogens with zero attached hydrogens (tertiary/aromatic N) is 1. The van der Waals surface area contributed by atoms with Crippen molar-refractivity contribution in [3.05, 3.63) is 112 Å². The highest BCUT2D eigenvalue weighted by atomic mass is 35.5. The number of carbonyl (C=O) groups excluding carboxylic acids is 2. The molecule has 0 aliphatic carbocycles. The standard InChI is InChI=1S/C27H18ClNO3S/c28-21-8-4-9-22(16-21)29-26(30)25(33-27(29)31)15-18-11-13-23(14-12-18)32-17-20-7-3-6-19-5-1-2-10-24(19)20/h1-16H,17H2/b25-15+. The summed E-state index contributed by atoms with van der Waals surface area (Å²) in [6, 6.07) is 28.5. The summed E-state index contributed by atoms with van der Waals surface area (Å²) < 4.78 is 5.98. The van der Waals surface area contributed by atoms with E-state index in [-0.39, 0.29) is 11.1 Å². The van der Waals surface area contributed by atoms with Gasteiger partial charge in [0.05, 0.1) is 10.6 Å². The highest BCUT2D eigenvalue weighted by molar-refractivity contribution is 8.19. The monoisotopic (exact) mass is 471 g/mol. The summed E-state index contributed by atoms with van der Waals surface area (Å²) in [5.41, 5.74) is 2.39. The van der Waals surface area contributed by atoms with E-state index in [0.29, 0.717) is 22.2 Å². The highest BCUT2D eigenvalue weighted by Crippen LogP contribution is 2.36. The zero-order chi connectivity index (χ0) is 22.8. The van der Waals surface area contributed by atoms with Gasteiger partial charge in [-0.2, -0.15) is 0 Å². The first-order valence-electron chi connectivity index (χ1n) is 10.3. The fourth-order valence-electron chi connectivity index (χ4n) is 3.70. The van der Waals surface area contributed by atoms with Crippen LogP contribution in [0.3, 0.4) is 0 Å². The van der Waals surface area contributed by atoms with Gasteiger partial charge in [0, 0.05) is 5.02 Å². The summed E-state index contributed by atoms with van der Waals surface area (Å²) >= 11 is 6.92. The van der Waals surface area contributed by atoms with Crippen LogP contribution < -0.4 is 9.64 Å². The van der Waals surface area contributed by atoms with E-state index in [0.717, 1.165) is 33.5 Å². The molecule has 0 bridgehead atoms. The Balaban J connectivity index is 1.29. The van der Waals surface area contributed by atoms with Crippen LogP contribution in [-0.2, 0) is 11.4 Å². The van der Waals surface area contributed by atoms with Gasteiger partial charge in [-0.3, -0.25) is 9.59 Å². The molecule has 0 spiro atoms. The topological polar surface area (TPSA) is 46.6 Å². The third kappa shape index (κ3) is 4.51. The molecule has 6 heteroatoms. The van der Waals surface area contributed by atoms with Gasteiger partial charge in [-0.15, -0.1) is 0 Å². The molecule has 2 amide bonds. The normalized spacial score (nSPS) is 14.9. The quantitative estimate of drug-likeness (QED) is 0.286. The number of carbonyl (C=O) groups is 2. The number of hydrogen-bond acceptors (Lipinski definition) is 4. The molecule has 1 heterocycles. The largest absolute Gasteiger partial charge is 0.489 e. The van der Waals surface area contributed by atoms with Crippen LogP contribution in [0, 0.1) is 0 Å². The fraction of sp³-hybridized carbons (Fsp3) is 0.0370. The first-order valence-corrected chi connectivity index (χ1v) is 11.5. The molecule has 1 saturated heterocycles. The minimum atomic E-state index is -0.358. The summed E-state index contributed by atoms with van der Waals surface area (Å²) in [4.78, 5) is 26.8. The first kappa shape index (κ1) is 21.3. The average molecular weight is 472 g/mol. The van der Waals surface area contributed by atoms with Gasteiger partial charge in [0.2, 0.25) is 0 Å². The SMILES string of the molecule is O=C1S/C(=C/c2ccc(OCc3cccc4ccccc34)cc2)C(=O)N1c1cccc(Cl)c1. The number of halogens is 1. The Morgan fingerprint density at radius 3 is 2.45 bits per heavy atom. The number of ether oxygens (including phenoxy) is 1. The van der Waals surface area contributed by atoms with E-state index in [1.54, 1.807) is 30.3 Å². The molecule has 4 aromatic carbocycles. The van der Waals surface area contributed by atoms with Crippen LogP contribution in [0.4, 0.5) is 10.5 Å². The summed E-state index contributed by atoms with van der Waals surface area (Å²) in [5.74, 6) is 0.371. The predicted octanol–water partition coefficient (Wildman–Crippen LogP) is 7.31. The number of hydrogen-bond donors (Lipinski definition) is 0. The second kappa shape index (κ2) is 9.14. The number of amides is 2. The van der Waals surface area contributed by atoms with Crippen molar-refractivity contribution < 1.29 is 14.3 Å². The van der Waals surface area contributed by atoms with E-state index in [4.69, 9.17) is 16.3 Å². The molecule has 0 atom stereocenters. The van der Waals surface area contributed by atoms with Crippen LogP contribution in [0.2, 0.25) is 5.02 Å². The Morgan fingerprint density at radius 2 is 1.64 bits per heavy atom. The van der Waals surface area contributed by atoms with Gasteiger partial charge >= 0.3 is 0 Å². The van der Waals surface area contributed by atoms with Gasteiger partial charge in [-0.05, 0) is 70.1 Å². The van der Waals surface area contributed by atoms with Crippen LogP contribution >= 0.6 is 23.4 Å². The molecule has 0 N–H and O–H groups in total. The van der Waals surface area contributed by atoms with Crippen molar-refractivity contribution in [1.82, 2.24) is 0 Å². The summed E-state index contributed by atoms with van der Waals surface area (Å²) in [6.07, 6.45) is 1.71. The molecule has 4 nitrogen and oxygen atoms in total. The maximum absolute atomic E-state index is 12.8. The third-order valence-electron chi connectivity index (χ3n) is 5.31. The van der Waals surface area contributed by atoms with Crippen molar-refractivity contribution in [3.8, 4) is 5.75 Å². The molecule has 0 radical (unpaired) electrons. The predicted molar refractivity (Wildman–Crippen MR) is 135 cm³/mol. The van der Waals surface area contributed by atoms with Crippen molar-refractivity contribution in [1.29, 1.82) is 0 Å². The van der Waals surface area contributed by atoms with Crippen molar-refractivity contribution in [3.63, 3.8) is 0 Å². The van der Waals surface area contributed by atoms with Crippen LogP contribution in [0.25, 0.3) is 16.8 Å². The number of fused-ring (bicyclic) bond motifs is 1. The Bertz CT molecular complexity index is 1390. The minimum Gasteiger partial charge on any atom is -0.489 e. The number of anilines is 1. The molecule has 162 valence electrons. The lowest BCUT2D eigenvalue weighted by Crippen LogP contribution is -2.27. The first-order chi connectivity index (χ1) is 16.1. The molecule has 0 saturated carbocycles. The molecule has 0 aromatic heterocycles. The van der Waals surface area contributed by atoms with E-state index < -0.39 is 0 Å². The van der Waals surface area contributed by atoms with Crippen molar-refractivity contribution in [2.45, 2.75) is 6.61 Å². The average Bonchev–Trinajstić information content (AvgIpc) is 3.11. The fourth-order valence-corrected chi connectivity index (χ4v) is 4.72. The van der Waals surface area contributed by atoms with Gasteiger partial charge in [-0.1, -0.05) is 72.3 Å². The maximum atomic E-state index is 12.8. The molecule has 1 fully saturated rings. The summed E-state index contributed by atoms with van der Waals surface area (Å²) in [6.45, 7) is 0.458. The van der Waals surface area contributed by atoms with Crippen molar-refractivity contribution >= 4 is 57.0 Å². The van der Waals surface area contributed by atoms with Crippen molar-refractivity contribution in [2.75, 3.05) is 4.90 Å². The summed E-state index contributed by atoms with van der Waals surface area (Å²) in [7, 11) is 0. The zero-order valence-electron chi connectivity index (χ0n) is 17.4. The van der Waals surface area contributed by atoms with E-state index in [1.807, 2.05) is 42.5 Å². The van der Waals surface area contributed by atoms with E-state index in [9.17, 15) is 9.59 Å². The minimum absolute atomic E-state index is 0.344. The zero-order valence-corrected chi connectivity index (χ0v) is 19.0. The Labute approximate surface area is 200 Å². The van der Waals surface area contributed by atoms with Crippen LogP contribution in [-0.4, -0.2) is 11.1 Å². The molecule has 1 aliphatic heterocycles. The number of thioether (sulfide) groups is 1. The Kier molecular flexibility index (Phi) is 5.90. The second-order valence-electron chi connectivity index (χ2n) is 7.49. The lowest BCUT2D eigenvalue weighted by molar-refractivity contribution is -0.113. The molecule has 1 aliphatic rings. The second-order valence-corrected chi connectivity index (χ2v) is 8.92. The smallest absolute Gasteiger partial charge is 0.298 e. The van der Waals surface area contributed by atoms with Crippen molar-refractivity contribution in [2.24, 2.45) is 0 Å². The molecule has 4 aromatic rings. The van der Waals surface area contributed by atoms with Gasteiger partial charge in [-0.25, -0.2) is 4.90 Å². The van der Waals surface area contributed by atoms with Gasteiger partial charge in [0.1, 0.15) is 12.4 Å². The lowest BCUT2D eigenvalue weighted by atomic mass is 10.1. The third-order valence-corrected chi connectivity index (χ3v) is 6.42. The molecule has 33 heavy (non-hydrogen) atoms. The van der Waals surface area contributed by atoms with E-state index >= 15 is 0 Å². The molecule has 0 unspecified atom stereocenters. The lowest BCUT2D eigenvalue weighted by Gasteiger charge is -2.12. The van der Waals surface area contributed by atoms with Gasteiger partial charge in [0.15, 0.2) is 0 Å². The Hall–Kier alpha value is -3.54. The van der Waals surface area contributed by atoms with Crippen LogP contribution in [0.5, 0.6) is 5.75 Å². The maximum Gasteiger partial charge on any atom is 0.298 e. The Morgan fingerprint density at radius 1 is 0.879 bits per heavy atom. The van der Waals surface area contributed by atoms with E-state index in [1.165, 1.54) is 10.8 Å². The molecular weight excluding hydrogens is 454 g/mol. The molecular formula is C27H18ClNO3S. The van der Waals surface area contributed by atoms with E-state index in [2.05, 4.69) is 24.3 Å². The van der Waals surface area contributed by atoms with Gasteiger partial charge in [0.25, 0.3) is 11.1 Å². The number of benzene rings is 4. The number of imide groups is 1. The number of rotatable bonds is 5. The molecule has 5 rings (SSSR count). The van der Waals surface area contributed by atoms with Gasteiger partial charge < -0.3 is 4.74 Å². The summed E-state index contributed by atoms with van der Waals surface area (Å²) in [5, 5.41) is 2.48. The highest BCUT2D eigenvalue weighted by Gasteiger charge is 2.36. The van der Waals surface area contributed by atoms with Crippen LogP contribution in [0.15, 0.2) is 95.9 Å².